The Morgan fingerprint density at radius 2 is 1.89 bits per heavy atom. The monoisotopic (exact) mass is 386 g/mol. The second kappa shape index (κ2) is 8.73. The highest BCUT2D eigenvalue weighted by Crippen LogP contribution is 2.21. The van der Waals surface area contributed by atoms with Gasteiger partial charge in [0.15, 0.2) is 0 Å². The number of H-pyrrole nitrogens is 1. The topological polar surface area (TPSA) is 87.2 Å². The number of aromatic amines is 1. The summed E-state index contributed by atoms with van der Waals surface area (Å²) in [6.45, 7) is 8.93. The minimum atomic E-state index is -0.565. The van der Waals surface area contributed by atoms with Gasteiger partial charge in [-0.25, -0.2) is 4.79 Å². The van der Waals surface area contributed by atoms with Crippen molar-refractivity contribution >= 4 is 16.8 Å². The summed E-state index contributed by atoms with van der Waals surface area (Å²) in [5.74, 6) is 0.838. The molecule has 1 aliphatic heterocycles. The number of piperidine rings is 1. The molecule has 0 bridgehead atoms. The number of nitrogens with zero attached hydrogens (tertiary/aromatic N) is 2. The average molecular weight is 386 g/mol. The highest BCUT2D eigenvalue weighted by molar-refractivity contribution is 5.78. The number of carbonyl (C=O) groups is 1. The van der Waals surface area contributed by atoms with Crippen molar-refractivity contribution in [1.29, 1.82) is 0 Å². The Labute approximate surface area is 164 Å². The Bertz CT molecular complexity index is 939. The Kier molecular flexibility index (Phi) is 6.34. The number of rotatable bonds is 6. The number of fused-ring (bicyclic) bond motifs is 1. The minimum absolute atomic E-state index is 0.253. The van der Waals surface area contributed by atoms with Crippen molar-refractivity contribution < 1.29 is 4.79 Å². The minimum Gasteiger partial charge on any atom is -0.353 e. The van der Waals surface area contributed by atoms with E-state index in [1.807, 2.05) is 0 Å². The third-order valence-electron chi connectivity index (χ3n) is 5.76. The molecule has 2 aromatic rings. The highest BCUT2D eigenvalue weighted by atomic mass is 16.2. The smallest absolute Gasteiger partial charge is 0.329 e. The number of benzene rings is 1. The van der Waals surface area contributed by atoms with Crippen LogP contribution in [0, 0.1) is 11.8 Å². The van der Waals surface area contributed by atoms with Gasteiger partial charge in [-0.1, -0.05) is 32.9 Å². The van der Waals surface area contributed by atoms with Crippen LogP contribution < -0.4 is 16.6 Å². The summed E-state index contributed by atoms with van der Waals surface area (Å²) < 4.78 is 0.963. The maximum atomic E-state index is 12.6. The third-order valence-corrected chi connectivity index (χ3v) is 5.76. The summed E-state index contributed by atoms with van der Waals surface area (Å²) in [5.41, 5.74) is -0.530. The lowest BCUT2D eigenvalue weighted by Crippen LogP contribution is -2.50. The molecular formula is C21H30N4O3. The van der Waals surface area contributed by atoms with Crippen molar-refractivity contribution in [2.75, 3.05) is 19.6 Å². The van der Waals surface area contributed by atoms with E-state index in [0.717, 1.165) is 23.6 Å². The molecule has 0 aliphatic carbocycles. The molecule has 152 valence electrons. The maximum absolute atomic E-state index is 12.6. The summed E-state index contributed by atoms with van der Waals surface area (Å²) in [5, 5.41) is 3.33. The second-order valence-electron chi connectivity index (χ2n) is 8.20. The molecule has 0 radical (unpaired) electrons. The zero-order valence-electron chi connectivity index (χ0n) is 16.9. The van der Waals surface area contributed by atoms with Gasteiger partial charge < -0.3 is 10.3 Å². The van der Waals surface area contributed by atoms with Gasteiger partial charge in [0.25, 0.3) is 5.56 Å². The van der Waals surface area contributed by atoms with E-state index in [0.29, 0.717) is 23.4 Å². The molecule has 7 heteroatoms. The number of likely N-dealkylation sites (tertiary alicyclic amines) is 1. The first-order chi connectivity index (χ1) is 13.4. The number of hydrogen-bond donors (Lipinski definition) is 2. The Balaban J connectivity index is 1.67. The number of para-hydroxylation sites is 1. The molecule has 1 aromatic carbocycles. The predicted molar refractivity (Wildman–Crippen MR) is 110 cm³/mol. The fourth-order valence-corrected chi connectivity index (χ4v) is 3.91. The van der Waals surface area contributed by atoms with Crippen LogP contribution in [0.15, 0.2) is 33.9 Å². The van der Waals surface area contributed by atoms with Crippen molar-refractivity contribution in [1.82, 2.24) is 19.8 Å². The molecule has 2 N–H and O–H groups in total. The predicted octanol–water partition coefficient (Wildman–Crippen LogP) is 1.56. The van der Waals surface area contributed by atoms with Crippen LogP contribution in [0.25, 0.3) is 10.9 Å². The largest absolute Gasteiger partial charge is 0.353 e. The van der Waals surface area contributed by atoms with Crippen molar-refractivity contribution in [3.63, 3.8) is 0 Å². The first-order valence-corrected chi connectivity index (χ1v) is 10.1. The number of nitrogens with one attached hydrogen (secondary N) is 2. The van der Waals surface area contributed by atoms with Crippen LogP contribution in [0.1, 0.15) is 33.6 Å². The van der Waals surface area contributed by atoms with Gasteiger partial charge in [0.1, 0.15) is 6.54 Å². The lowest BCUT2D eigenvalue weighted by molar-refractivity contribution is -0.122. The van der Waals surface area contributed by atoms with Gasteiger partial charge in [0, 0.05) is 12.6 Å². The number of carbonyl (C=O) groups excluding carboxylic acids is 1. The molecule has 1 aliphatic rings. The van der Waals surface area contributed by atoms with Crippen LogP contribution in [0.2, 0.25) is 0 Å². The summed E-state index contributed by atoms with van der Waals surface area (Å²) >= 11 is 0. The third kappa shape index (κ3) is 4.52. The van der Waals surface area contributed by atoms with Crippen LogP contribution >= 0.6 is 0 Å². The van der Waals surface area contributed by atoms with Gasteiger partial charge in [0.05, 0.1) is 10.9 Å². The van der Waals surface area contributed by atoms with E-state index in [4.69, 9.17) is 0 Å². The van der Waals surface area contributed by atoms with Crippen molar-refractivity contribution in [2.45, 2.75) is 46.2 Å². The molecule has 1 saturated heterocycles. The summed E-state index contributed by atoms with van der Waals surface area (Å²) in [6, 6.07) is 7.06. The SMILES string of the molecule is CC1CCN(C(CNC(=O)Cn2c(=O)[nH]c3ccccc3c2=O)C(C)C)CC1. The number of hydrogen-bond acceptors (Lipinski definition) is 4. The quantitative estimate of drug-likeness (QED) is 0.789. The molecule has 0 spiro atoms. The lowest BCUT2D eigenvalue weighted by atomic mass is 9.94. The van der Waals surface area contributed by atoms with E-state index in [2.05, 4.69) is 36.0 Å². The summed E-state index contributed by atoms with van der Waals surface area (Å²) in [7, 11) is 0. The van der Waals surface area contributed by atoms with Crippen molar-refractivity contribution in [2.24, 2.45) is 11.8 Å². The molecule has 1 amide bonds. The fraction of sp³-hybridized carbons (Fsp3) is 0.571. The van der Waals surface area contributed by atoms with E-state index in [1.54, 1.807) is 24.3 Å². The highest BCUT2D eigenvalue weighted by Gasteiger charge is 2.26. The zero-order chi connectivity index (χ0) is 20.3. The molecular weight excluding hydrogens is 356 g/mol. The Morgan fingerprint density at radius 1 is 1.21 bits per heavy atom. The molecule has 1 aromatic heterocycles. The van der Waals surface area contributed by atoms with Crippen LogP contribution in [-0.4, -0.2) is 46.0 Å². The van der Waals surface area contributed by atoms with Gasteiger partial charge >= 0.3 is 5.69 Å². The average Bonchev–Trinajstić information content (AvgIpc) is 2.66. The van der Waals surface area contributed by atoms with Gasteiger partial charge in [0.2, 0.25) is 5.91 Å². The van der Waals surface area contributed by atoms with E-state index in [1.165, 1.54) is 12.8 Å². The first-order valence-electron chi connectivity index (χ1n) is 10.1. The van der Waals surface area contributed by atoms with E-state index < -0.39 is 11.2 Å². The van der Waals surface area contributed by atoms with E-state index in [-0.39, 0.29) is 18.5 Å². The Morgan fingerprint density at radius 3 is 2.57 bits per heavy atom. The molecule has 0 saturated carbocycles. The normalized spacial score (nSPS) is 17.1. The molecule has 1 atom stereocenters. The molecule has 1 unspecified atom stereocenters. The lowest BCUT2D eigenvalue weighted by Gasteiger charge is -2.38. The van der Waals surface area contributed by atoms with Crippen LogP contribution in [0.3, 0.4) is 0 Å². The molecule has 7 nitrogen and oxygen atoms in total. The summed E-state index contributed by atoms with van der Waals surface area (Å²) in [6.07, 6.45) is 2.36. The standard InChI is InChI=1S/C21H30N4O3/c1-14(2)18(24-10-8-15(3)9-11-24)12-22-19(26)13-25-20(27)16-6-4-5-7-17(16)23-21(25)28/h4-7,14-15,18H,8-13H2,1-3H3,(H,22,26)(H,23,28). The van der Waals surface area contributed by atoms with Crippen LogP contribution in [0.5, 0.6) is 0 Å². The number of amides is 1. The number of aromatic nitrogens is 2. The van der Waals surface area contributed by atoms with Crippen LogP contribution in [0.4, 0.5) is 0 Å². The van der Waals surface area contributed by atoms with E-state index in [9.17, 15) is 14.4 Å². The summed E-state index contributed by atoms with van der Waals surface area (Å²) in [4.78, 5) is 42.4. The molecule has 28 heavy (non-hydrogen) atoms. The molecule has 1 fully saturated rings. The fourth-order valence-electron chi connectivity index (χ4n) is 3.91. The van der Waals surface area contributed by atoms with Gasteiger partial charge in [-0.2, -0.15) is 0 Å². The Hall–Kier alpha value is -2.41. The van der Waals surface area contributed by atoms with E-state index >= 15 is 0 Å². The molecule has 2 heterocycles. The van der Waals surface area contributed by atoms with Crippen LogP contribution in [-0.2, 0) is 11.3 Å². The first kappa shape index (κ1) is 20.3. The van der Waals surface area contributed by atoms with Gasteiger partial charge in [-0.15, -0.1) is 0 Å². The van der Waals surface area contributed by atoms with Gasteiger partial charge in [-0.05, 0) is 49.9 Å². The zero-order valence-corrected chi connectivity index (χ0v) is 16.9. The van der Waals surface area contributed by atoms with Crippen molar-refractivity contribution in [3.05, 3.63) is 45.1 Å². The molecule has 3 rings (SSSR count). The second-order valence-corrected chi connectivity index (χ2v) is 8.20. The van der Waals surface area contributed by atoms with Crippen molar-refractivity contribution in [3.8, 4) is 0 Å². The maximum Gasteiger partial charge on any atom is 0.329 e. The van der Waals surface area contributed by atoms with Gasteiger partial charge in [-0.3, -0.25) is 19.1 Å².